The summed E-state index contributed by atoms with van der Waals surface area (Å²) in [5, 5.41) is 0. The quantitative estimate of drug-likeness (QED) is 0.743. The van der Waals surface area contributed by atoms with Crippen molar-refractivity contribution in [2.75, 3.05) is 5.43 Å². The Balaban J connectivity index is 2.66. The van der Waals surface area contributed by atoms with Crippen molar-refractivity contribution in [3.05, 3.63) is 29.8 Å². The fourth-order valence-corrected chi connectivity index (χ4v) is 1.31. The lowest BCUT2D eigenvalue weighted by Gasteiger charge is -2.23. The molecular formula is C14H24N2. The topological polar surface area (TPSA) is 24.1 Å². The molecule has 0 saturated carbocycles. The van der Waals surface area contributed by atoms with Crippen LogP contribution in [0, 0.1) is 0 Å². The number of hydrogen-bond donors (Lipinski definition) is 2. The molecule has 0 amide bonds. The van der Waals surface area contributed by atoms with Crippen LogP contribution in [0.15, 0.2) is 24.3 Å². The Hall–Kier alpha value is -1.02. The van der Waals surface area contributed by atoms with E-state index in [2.05, 4.69) is 76.7 Å². The Morgan fingerprint density at radius 1 is 0.812 bits per heavy atom. The first-order valence-corrected chi connectivity index (χ1v) is 5.82. The molecule has 0 radical (unpaired) electrons. The Bertz CT molecular complexity index is 325. The highest BCUT2D eigenvalue weighted by Crippen LogP contribution is 2.23. The summed E-state index contributed by atoms with van der Waals surface area (Å²) in [6.07, 6.45) is 0. The fraction of sp³-hybridized carbons (Fsp3) is 0.571. The second kappa shape index (κ2) is 4.46. The van der Waals surface area contributed by atoms with E-state index >= 15 is 0 Å². The molecule has 0 aliphatic carbocycles. The van der Waals surface area contributed by atoms with E-state index in [-0.39, 0.29) is 11.0 Å². The maximum Gasteiger partial charge on any atom is 0.0487 e. The summed E-state index contributed by atoms with van der Waals surface area (Å²) in [5.41, 5.74) is 9.21. The van der Waals surface area contributed by atoms with Gasteiger partial charge < -0.3 is 5.43 Å². The van der Waals surface area contributed by atoms with Gasteiger partial charge in [-0.05, 0) is 43.9 Å². The minimum Gasteiger partial charge on any atom is -0.321 e. The van der Waals surface area contributed by atoms with Crippen molar-refractivity contribution >= 4 is 5.69 Å². The summed E-state index contributed by atoms with van der Waals surface area (Å²) < 4.78 is 0. The van der Waals surface area contributed by atoms with Crippen LogP contribution in [0.5, 0.6) is 0 Å². The molecule has 0 bridgehead atoms. The normalized spacial score (nSPS) is 12.6. The summed E-state index contributed by atoms with van der Waals surface area (Å²) in [6.45, 7) is 13.1. The van der Waals surface area contributed by atoms with Crippen LogP contribution in [-0.4, -0.2) is 5.54 Å². The molecule has 0 spiro atoms. The van der Waals surface area contributed by atoms with Crippen LogP contribution in [0.3, 0.4) is 0 Å². The zero-order valence-electron chi connectivity index (χ0n) is 11.3. The summed E-state index contributed by atoms with van der Waals surface area (Å²) in [6, 6.07) is 8.57. The summed E-state index contributed by atoms with van der Waals surface area (Å²) >= 11 is 0. The summed E-state index contributed by atoms with van der Waals surface area (Å²) in [7, 11) is 0. The molecule has 0 aliphatic heterocycles. The minimum atomic E-state index is 0.0721. The molecule has 2 nitrogen and oxygen atoms in total. The zero-order chi connectivity index (χ0) is 12.4. The molecule has 0 heterocycles. The molecule has 2 N–H and O–H groups in total. The van der Waals surface area contributed by atoms with E-state index in [9.17, 15) is 0 Å². The second-order valence-corrected chi connectivity index (χ2v) is 6.33. The number of rotatable bonds is 2. The van der Waals surface area contributed by atoms with E-state index < -0.39 is 0 Å². The molecule has 2 heteroatoms. The van der Waals surface area contributed by atoms with Crippen molar-refractivity contribution in [1.82, 2.24) is 5.43 Å². The first-order chi connectivity index (χ1) is 7.18. The molecule has 0 saturated heterocycles. The zero-order valence-corrected chi connectivity index (χ0v) is 11.3. The van der Waals surface area contributed by atoms with Gasteiger partial charge >= 0.3 is 0 Å². The van der Waals surface area contributed by atoms with Crippen LogP contribution in [0.25, 0.3) is 0 Å². The molecule has 0 atom stereocenters. The molecule has 1 rings (SSSR count). The van der Waals surface area contributed by atoms with Crippen LogP contribution in [0.4, 0.5) is 5.69 Å². The number of benzene rings is 1. The monoisotopic (exact) mass is 220 g/mol. The van der Waals surface area contributed by atoms with Crippen molar-refractivity contribution in [2.24, 2.45) is 0 Å². The molecule has 1 aromatic carbocycles. The van der Waals surface area contributed by atoms with Gasteiger partial charge in [-0.15, -0.1) is 0 Å². The molecule has 0 fully saturated rings. The lowest BCUT2D eigenvalue weighted by molar-refractivity contribution is 0.465. The molecule has 0 aliphatic rings. The van der Waals surface area contributed by atoms with Gasteiger partial charge in [-0.3, -0.25) is 0 Å². The summed E-state index contributed by atoms with van der Waals surface area (Å²) in [4.78, 5) is 0. The predicted octanol–water partition coefficient (Wildman–Crippen LogP) is 3.70. The Morgan fingerprint density at radius 3 is 1.69 bits per heavy atom. The average molecular weight is 220 g/mol. The second-order valence-electron chi connectivity index (χ2n) is 6.33. The number of anilines is 1. The van der Waals surface area contributed by atoms with Gasteiger partial charge in [0.15, 0.2) is 0 Å². The fourth-order valence-electron chi connectivity index (χ4n) is 1.31. The van der Waals surface area contributed by atoms with Crippen LogP contribution < -0.4 is 10.9 Å². The Labute approximate surface area is 99.4 Å². The van der Waals surface area contributed by atoms with Gasteiger partial charge in [0, 0.05) is 11.2 Å². The van der Waals surface area contributed by atoms with Crippen molar-refractivity contribution < 1.29 is 0 Å². The number of hydrazine groups is 1. The van der Waals surface area contributed by atoms with E-state index in [4.69, 9.17) is 0 Å². The molecule has 0 aromatic heterocycles. The van der Waals surface area contributed by atoms with E-state index in [1.165, 1.54) is 5.56 Å². The first kappa shape index (κ1) is 13.0. The van der Waals surface area contributed by atoms with Gasteiger partial charge in [-0.25, -0.2) is 5.43 Å². The van der Waals surface area contributed by atoms with E-state index in [1.807, 2.05) is 0 Å². The molecule has 0 unspecified atom stereocenters. The number of nitrogens with one attached hydrogen (secondary N) is 2. The smallest absolute Gasteiger partial charge is 0.0487 e. The van der Waals surface area contributed by atoms with Crippen LogP contribution >= 0.6 is 0 Å². The highest BCUT2D eigenvalue weighted by molar-refractivity contribution is 5.45. The van der Waals surface area contributed by atoms with Gasteiger partial charge in [-0.1, -0.05) is 32.9 Å². The molecule has 1 aromatic rings. The maximum atomic E-state index is 3.25. The van der Waals surface area contributed by atoms with Crippen molar-refractivity contribution in [2.45, 2.75) is 52.5 Å². The van der Waals surface area contributed by atoms with E-state index in [1.54, 1.807) is 0 Å². The molecular weight excluding hydrogens is 196 g/mol. The average Bonchev–Trinajstić information content (AvgIpc) is 2.13. The third-order valence-corrected chi connectivity index (χ3v) is 2.33. The van der Waals surface area contributed by atoms with Crippen molar-refractivity contribution in [3.8, 4) is 0 Å². The highest BCUT2D eigenvalue weighted by atomic mass is 15.4. The molecule has 16 heavy (non-hydrogen) atoms. The van der Waals surface area contributed by atoms with Gasteiger partial charge in [0.2, 0.25) is 0 Å². The van der Waals surface area contributed by atoms with Crippen LogP contribution in [-0.2, 0) is 5.41 Å². The largest absolute Gasteiger partial charge is 0.321 e. The minimum absolute atomic E-state index is 0.0721. The van der Waals surface area contributed by atoms with Crippen LogP contribution in [0.1, 0.15) is 47.1 Å². The SMILES string of the molecule is CC(C)(C)NNc1ccc(C(C)(C)C)cc1. The summed E-state index contributed by atoms with van der Waals surface area (Å²) in [5.74, 6) is 0. The van der Waals surface area contributed by atoms with Gasteiger partial charge in [0.25, 0.3) is 0 Å². The first-order valence-electron chi connectivity index (χ1n) is 5.82. The molecule has 90 valence electrons. The van der Waals surface area contributed by atoms with Crippen LogP contribution in [0.2, 0.25) is 0 Å². The van der Waals surface area contributed by atoms with Gasteiger partial charge in [0.1, 0.15) is 0 Å². The third kappa shape index (κ3) is 4.23. The van der Waals surface area contributed by atoms with Crippen molar-refractivity contribution in [1.29, 1.82) is 0 Å². The van der Waals surface area contributed by atoms with Gasteiger partial charge in [-0.2, -0.15) is 0 Å². The third-order valence-electron chi connectivity index (χ3n) is 2.33. The van der Waals surface area contributed by atoms with E-state index in [0.29, 0.717) is 0 Å². The maximum absolute atomic E-state index is 3.25. The standard InChI is InChI=1S/C14H24N2/c1-13(2,3)11-7-9-12(10-8-11)15-16-14(4,5)6/h7-10,15-16H,1-6H3. The Kier molecular flexibility index (Phi) is 3.64. The highest BCUT2D eigenvalue weighted by Gasteiger charge is 2.13. The lowest BCUT2D eigenvalue weighted by atomic mass is 9.87. The van der Waals surface area contributed by atoms with Gasteiger partial charge in [0.05, 0.1) is 0 Å². The number of hydrogen-bond acceptors (Lipinski definition) is 2. The van der Waals surface area contributed by atoms with Crippen molar-refractivity contribution in [3.63, 3.8) is 0 Å². The predicted molar refractivity (Wildman–Crippen MR) is 71.7 cm³/mol. The Morgan fingerprint density at radius 2 is 1.31 bits per heavy atom. The lowest BCUT2D eigenvalue weighted by Crippen LogP contribution is -2.40. The van der Waals surface area contributed by atoms with E-state index in [0.717, 1.165) is 5.69 Å².